The van der Waals surface area contributed by atoms with Gasteiger partial charge in [-0.2, -0.15) is 0 Å². The van der Waals surface area contributed by atoms with Gasteiger partial charge in [0.15, 0.2) is 0 Å². The SMILES string of the molecule is COCCOc1ccccc1-c1ccnc(Cl)n1. The molecule has 94 valence electrons. The minimum atomic E-state index is 0.221. The number of rotatable bonds is 5. The third-order valence-corrected chi connectivity index (χ3v) is 2.52. The summed E-state index contributed by atoms with van der Waals surface area (Å²) >= 11 is 5.79. The number of hydrogen-bond acceptors (Lipinski definition) is 4. The largest absolute Gasteiger partial charge is 0.490 e. The van der Waals surface area contributed by atoms with Crippen LogP contribution < -0.4 is 4.74 Å². The van der Waals surface area contributed by atoms with E-state index >= 15 is 0 Å². The molecule has 0 bridgehead atoms. The lowest BCUT2D eigenvalue weighted by Crippen LogP contribution is -2.05. The molecular formula is C13H13ClN2O2. The number of para-hydroxylation sites is 1. The van der Waals surface area contributed by atoms with E-state index in [1.54, 1.807) is 19.4 Å². The summed E-state index contributed by atoms with van der Waals surface area (Å²) < 4.78 is 10.6. The fourth-order valence-corrected chi connectivity index (χ4v) is 1.67. The topological polar surface area (TPSA) is 44.2 Å². The van der Waals surface area contributed by atoms with Crippen molar-refractivity contribution in [3.8, 4) is 17.0 Å². The van der Waals surface area contributed by atoms with E-state index in [0.29, 0.717) is 13.2 Å². The van der Waals surface area contributed by atoms with Crippen molar-refractivity contribution < 1.29 is 9.47 Å². The minimum absolute atomic E-state index is 0.221. The quantitative estimate of drug-likeness (QED) is 0.615. The summed E-state index contributed by atoms with van der Waals surface area (Å²) in [4.78, 5) is 8.04. The van der Waals surface area contributed by atoms with Gasteiger partial charge >= 0.3 is 0 Å². The van der Waals surface area contributed by atoms with Crippen molar-refractivity contribution in [2.75, 3.05) is 20.3 Å². The van der Waals surface area contributed by atoms with E-state index in [4.69, 9.17) is 21.1 Å². The Morgan fingerprint density at radius 2 is 2.00 bits per heavy atom. The molecule has 0 atom stereocenters. The van der Waals surface area contributed by atoms with Gasteiger partial charge in [0.05, 0.1) is 12.3 Å². The first-order valence-corrected chi connectivity index (χ1v) is 5.89. The first-order valence-electron chi connectivity index (χ1n) is 5.51. The molecule has 1 aromatic carbocycles. The van der Waals surface area contributed by atoms with Crippen LogP contribution in [0.15, 0.2) is 36.5 Å². The molecule has 0 fully saturated rings. The van der Waals surface area contributed by atoms with Crippen molar-refractivity contribution in [2.24, 2.45) is 0 Å². The van der Waals surface area contributed by atoms with Gasteiger partial charge < -0.3 is 9.47 Å². The Kier molecular flexibility index (Phi) is 4.50. The van der Waals surface area contributed by atoms with Gasteiger partial charge in [0.2, 0.25) is 5.28 Å². The standard InChI is InChI=1S/C13H13ClN2O2/c1-17-8-9-18-12-5-3-2-4-10(12)11-6-7-15-13(14)16-11/h2-7H,8-9H2,1H3. The number of aromatic nitrogens is 2. The molecule has 0 N–H and O–H groups in total. The summed E-state index contributed by atoms with van der Waals surface area (Å²) in [6.45, 7) is 1.03. The number of hydrogen-bond donors (Lipinski definition) is 0. The van der Waals surface area contributed by atoms with Crippen LogP contribution in [0.3, 0.4) is 0 Å². The van der Waals surface area contributed by atoms with Crippen LogP contribution in [-0.2, 0) is 4.74 Å². The monoisotopic (exact) mass is 264 g/mol. The second-order valence-electron chi connectivity index (χ2n) is 3.55. The number of halogens is 1. The van der Waals surface area contributed by atoms with Gasteiger partial charge in [-0.05, 0) is 29.8 Å². The molecule has 5 heteroatoms. The molecule has 4 nitrogen and oxygen atoms in total. The van der Waals surface area contributed by atoms with E-state index in [0.717, 1.165) is 17.0 Å². The maximum absolute atomic E-state index is 5.79. The van der Waals surface area contributed by atoms with Gasteiger partial charge in [0.25, 0.3) is 0 Å². The zero-order valence-electron chi connectivity index (χ0n) is 9.97. The predicted molar refractivity (Wildman–Crippen MR) is 69.8 cm³/mol. The fourth-order valence-electron chi connectivity index (χ4n) is 1.52. The van der Waals surface area contributed by atoms with Gasteiger partial charge in [-0.25, -0.2) is 9.97 Å². The molecule has 2 rings (SSSR count). The van der Waals surface area contributed by atoms with Crippen LogP contribution in [0.5, 0.6) is 5.75 Å². The second-order valence-corrected chi connectivity index (χ2v) is 3.89. The van der Waals surface area contributed by atoms with E-state index in [1.807, 2.05) is 24.3 Å². The molecule has 0 radical (unpaired) electrons. The van der Waals surface area contributed by atoms with Gasteiger partial charge in [-0.1, -0.05) is 12.1 Å². The minimum Gasteiger partial charge on any atom is -0.490 e. The maximum atomic E-state index is 5.79. The van der Waals surface area contributed by atoms with E-state index < -0.39 is 0 Å². The number of ether oxygens (including phenoxy) is 2. The van der Waals surface area contributed by atoms with Crippen molar-refractivity contribution in [3.05, 3.63) is 41.8 Å². The Balaban J connectivity index is 2.27. The van der Waals surface area contributed by atoms with Crippen LogP contribution >= 0.6 is 11.6 Å². The highest BCUT2D eigenvalue weighted by Crippen LogP contribution is 2.28. The second kappa shape index (κ2) is 6.33. The molecular weight excluding hydrogens is 252 g/mol. The van der Waals surface area contributed by atoms with Crippen LogP contribution in [0.2, 0.25) is 5.28 Å². The Bertz CT molecular complexity index is 520. The van der Waals surface area contributed by atoms with Gasteiger partial charge in [0.1, 0.15) is 12.4 Å². The Morgan fingerprint density at radius 1 is 1.17 bits per heavy atom. The molecule has 0 aliphatic carbocycles. The average molecular weight is 265 g/mol. The van der Waals surface area contributed by atoms with E-state index in [9.17, 15) is 0 Å². The van der Waals surface area contributed by atoms with Crippen molar-refractivity contribution in [2.45, 2.75) is 0 Å². The highest BCUT2D eigenvalue weighted by molar-refractivity contribution is 6.28. The molecule has 2 aromatic rings. The Hall–Kier alpha value is -1.65. The normalized spacial score (nSPS) is 10.3. The van der Waals surface area contributed by atoms with E-state index in [2.05, 4.69) is 9.97 Å². The molecule has 1 heterocycles. The van der Waals surface area contributed by atoms with Crippen molar-refractivity contribution in [3.63, 3.8) is 0 Å². The van der Waals surface area contributed by atoms with Crippen molar-refractivity contribution in [1.82, 2.24) is 9.97 Å². The van der Waals surface area contributed by atoms with Crippen LogP contribution in [0.4, 0.5) is 0 Å². The molecule has 0 aliphatic heterocycles. The third-order valence-electron chi connectivity index (χ3n) is 2.33. The zero-order chi connectivity index (χ0) is 12.8. The fraction of sp³-hybridized carbons (Fsp3) is 0.231. The summed E-state index contributed by atoms with van der Waals surface area (Å²) in [5.41, 5.74) is 1.63. The molecule has 0 spiro atoms. The first kappa shape index (κ1) is 12.8. The van der Waals surface area contributed by atoms with Crippen LogP contribution in [0.1, 0.15) is 0 Å². The Morgan fingerprint density at radius 3 is 2.78 bits per heavy atom. The van der Waals surface area contributed by atoms with Crippen molar-refractivity contribution >= 4 is 11.6 Å². The van der Waals surface area contributed by atoms with Gasteiger partial charge in [-0.15, -0.1) is 0 Å². The lowest BCUT2D eigenvalue weighted by atomic mass is 10.1. The number of benzene rings is 1. The highest BCUT2D eigenvalue weighted by Gasteiger charge is 2.07. The van der Waals surface area contributed by atoms with Crippen LogP contribution in [-0.4, -0.2) is 30.3 Å². The molecule has 0 amide bonds. The predicted octanol–water partition coefficient (Wildman–Crippen LogP) is 2.82. The van der Waals surface area contributed by atoms with Gasteiger partial charge in [0, 0.05) is 18.9 Å². The first-order chi connectivity index (χ1) is 8.81. The average Bonchev–Trinajstić information content (AvgIpc) is 2.40. The summed E-state index contributed by atoms with van der Waals surface area (Å²) in [6.07, 6.45) is 1.62. The van der Waals surface area contributed by atoms with Crippen LogP contribution in [0, 0.1) is 0 Å². The Labute approximate surface area is 111 Å². The lowest BCUT2D eigenvalue weighted by molar-refractivity contribution is 0.146. The third kappa shape index (κ3) is 3.18. The maximum Gasteiger partial charge on any atom is 0.222 e. The highest BCUT2D eigenvalue weighted by atomic mass is 35.5. The molecule has 0 saturated heterocycles. The van der Waals surface area contributed by atoms with E-state index in [-0.39, 0.29) is 5.28 Å². The summed E-state index contributed by atoms with van der Waals surface area (Å²) in [7, 11) is 1.64. The number of methoxy groups -OCH3 is 1. The summed E-state index contributed by atoms with van der Waals surface area (Å²) in [5.74, 6) is 0.754. The van der Waals surface area contributed by atoms with Crippen molar-refractivity contribution in [1.29, 1.82) is 0 Å². The van der Waals surface area contributed by atoms with Crippen LogP contribution in [0.25, 0.3) is 11.3 Å². The lowest BCUT2D eigenvalue weighted by Gasteiger charge is -2.10. The summed E-state index contributed by atoms with van der Waals surface area (Å²) in [6, 6.07) is 9.45. The van der Waals surface area contributed by atoms with Gasteiger partial charge in [-0.3, -0.25) is 0 Å². The number of nitrogens with zero attached hydrogens (tertiary/aromatic N) is 2. The van der Waals surface area contributed by atoms with E-state index in [1.165, 1.54) is 0 Å². The molecule has 1 aromatic heterocycles. The molecule has 0 aliphatic rings. The molecule has 0 unspecified atom stereocenters. The molecule has 18 heavy (non-hydrogen) atoms. The smallest absolute Gasteiger partial charge is 0.222 e. The zero-order valence-corrected chi connectivity index (χ0v) is 10.7. The molecule has 0 saturated carbocycles. The summed E-state index contributed by atoms with van der Waals surface area (Å²) in [5, 5.41) is 0.221.